The van der Waals surface area contributed by atoms with Crippen LogP contribution in [-0.4, -0.2) is 17.4 Å². The molecule has 2 aromatic heterocycles. The molecule has 0 spiro atoms. The number of amides is 1. The van der Waals surface area contributed by atoms with Gasteiger partial charge in [0.05, 0.1) is 22.5 Å². The number of hydrogen-bond acceptors (Lipinski definition) is 5. The maximum atomic E-state index is 11.9. The van der Waals surface area contributed by atoms with E-state index in [4.69, 9.17) is 5.73 Å². The molecule has 2 aromatic rings. The predicted molar refractivity (Wildman–Crippen MR) is 75.1 cm³/mol. The number of thiophene rings is 1. The summed E-state index contributed by atoms with van der Waals surface area (Å²) in [6, 6.07) is 1.92. The summed E-state index contributed by atoms with van der Waals surface area (Å²) in [5.41, 5.74) is 6.26. The van der Waals surface area contributed by atoms with Crippen LogP contribution >= 0.6 is 22.7 Å². The molecule has 0 unspecified atom stereocenters. The number of nitrogens with zero attached hydrogens (tertiary/aromatic N) is 1. The zero-order valence-electron chi connectivity index (χ0n) is 9.69. The van der Waals surface area contributed by atoms with Gasteiger partial charge in [0.15, 0.2) is 5.13 Å². The number of anilines is 1. The van der Waals surface area contributed by atoms with E-state index in [2.05, 4.69) is 22.1 Å². The first kappa shape index (κ1) is 12.8. The standard InChI is InChI=1S/C12H11N3OS2/c1-8-4-6-17-10(8)11(16)15-12-14-7-9(18-12)3-2-5-13/h4,6-7H,5,13H2,1H3,(H,14,15,16). The minimum Gasteiger partial charge on any atom is -0.320 e. The molecule has 92 valence electrons. The van der Waals surface area contributed by atoms with Crippen molar-refractivity contribution in [3.8, 4) is 11.8 Å². The van der Waals surface area contributed by atoms with Gasteiger partial charge in [0, 0.05) is 0 Å². The number of aromatic nitrogens is 1. The van der Waals surface area contributed by atoms with E-state index in [0.29, 0.717) is 16.6 Å². The van der Waals surface area contributed by atoms with Crippen LogP contribution in [0.3, 0.4) is 0 Å². The second kappa shape index (κ2) is 5.78. The molecular weight excluding hydrogens is 266 g/mol. The Morgan fingerprint density at radius 2 is 2.44 bits per heavy atom. The molecule has 0 radical (unpaired) electrons. The van der Waals surface area contributed by atoms with E-state index in [1.807, 2.05) is 18.4 Å². The zero-order chi connectivity index (χ0) is 13.0. The van der Waals surface area contributed by atoms with E-state index in [1.165, 1.54) is 22.7 Å². The highest BCUT2D eigenvalue weighted by Crippen LogP contribution is 2.21. The normalized spacial score (nSPS) is 9.67. The van der Waals surface area contributed by atoms with Crippen molar-refractivity contribution in [3.05, 3.63) is 33.0 Å². The van der Waals surface area contributed by atoms with Gasteiger partial charge in [-0.15, -0.1) is 11.3 Å². The summed E-state index contributed by atoms with van der Waals surface area (Å²) >= 11 is 2.75. The van der Waals surface area contributed by atoms with Crippen LogP contribution in [0.4, 0.5) is 5.13 Å². The first-order valence-electron chi connectivity index (χ1n) is 5.21. The van der Waals surface area contributed by atoms with Gasteiger partial charge in [-0.3, -0.25) is 10.1 Å². The quantitative estimate of drug-likeness (QED) is 0.826. The molecular formula is C12H11N3OS2. The Morgan fingerprint density at radius 1 is 1.61 bits per heavy atom. The van der Waals surface area contributed by atoms with Crippen LogP contribution in [0.1, 0.15) is 20.1 Å². The van der Waals surface area contributed by atoms with Crippen LogP contribution in [0.5, 0.6) is 0 Å². The average Bonchev–Trinajstić information content (AvgIpc) is 2.95. The van der Waals surface area contributed by atoms with E-state index in [9.17, 15) is 4.79 Å². The second-order valence-corrected chi connectivity index (χ2v) is 5.37. The lowest BCUT2D eigenvalue weighted by Crippen LogP contribution is -2.10. The summed E-state index contributed by atoms with van der Waals surface area (Å²) in [7, 11) is 0. The molecule has 0 aliphatic rings. The lowest BCUT2D eigenvalue weighted by Gasteiger charge is -1.99. The fourth-order valence-electron chi connectivity index (χ4n) is 1.29. The molecule has 6 heteroatoms. The predicted octanol–water partition coefficient (Wildman–Crippen LogP) is 2.08. The van der Waals surface area contributed by atoms with E-state index in [-0.39, 0.29) is 5.91 Å². The van der Waals surface area contributed by atoms with Crippen LogP contribution in [-0.2, 0) is 0 Å². The average molecular weight is 277 g/mol. The van der Waals surface area contributed by atoms with Crippen LogP contribution in [0.25, 0.3) is 0 Å². The summed E-state index contributed by atoms with van der Waals surface area (Å²) in [5, 5.41) is 5.21. The molecule has 3 N–H and O–H groups in total. The lowest BCUT2D eigenvalue weighted by molar-refractivity contribution is 0.103. The summed E-state index contributed by atoms with van der Waals surface area (Å²) < 4.78 is 0. The van der Waals surface area contributed by atoms with Gasteiger partial charge in [-0.1, -0.05) is 23.2 Å². The highest BCUT2D eigenvalue weighted by molar-refractivity contribution is 7.16. The molecule has 0 aliphatic heterocycles. The van der Waals surface area contributed by atoms with Gasteiger partial charge in [0.25, 0.3) is 5.91 Å². The Bertz CT molecular complexity index is 619. The maximum Gasteiger partial charge on any atom is 0.267 e. The van der Waals surface area contributed by atoms with Crippen molar-refractivity contribution in [1.29, 1.82) is 0 Å². The van der Waals surface area contributed by atoms with Gasteiger partial charge in [0.1, 0.15) is 0 Å². The Balaban J connectivity index is 2.08. The Kier molecular flexibility index (Phi) is 4.10. The minimum absolute atomic E-state index is 0.129. The molecule has 1 amide bonds. The fourth-order valence-corrected chi connectivity index (χ4v) is 2.79. The smallest absolute Gasteiger partial charge is 0.267 e. The van der Waals surface area contributed by atoms with E-state index < -0.39 is 0 Å². The summed E-state index contributed by atoms with van der Waals surface area (Å²) in [6.45, 7) is 2.22. The maximum absolute atomic E-state index is 11.9. The molecule has 0 aromatic carbocycles. The molecule has 2 heterocycles. The van der Waals surface area contributed by atoms with Crippen molar-refractivity contribution in [2.45, 2.75) is 6.92 Å². The molecule has 2 rings (SSSR count). The molecule has 0 bridgehead atoms. The van der Waals surface area contributed by atoms with Crippen LogP contribution in [0.15, 0.2) is 17.6 Å². The summed E-state index contributed by atoms with van der Waals surface area (Å²) in [4.78, 5) is 17.5. The van der Waals surface area contributed by atoms with Crippen molar-refractivity contribution >= 4 is 33.7 Å². The van der Waals surface area contributed by atoms with Crippen molar-refractivity contribution in [3.63, 3.8) is 0 Å². The molecule has 0 fully saturated rings. The first-order valence-corrected chi connectivity index (χ1v) is 6.90. The number of carbonyl (C=O) groups is 1. The number of aryl methyl sites for hydroxylation is 1. The van der Waals surface area contributed by atoms with Crippen molar-refractivity contribution in [2.24, 2.45) is 5.73 Å². The van der Waals surface area contributed by atoms with E-state index >= 15 is 0 Å². The van der Waals surface area contributed by atoms with Crippen molar-refractivity contribution in [1.82, 2.24) is 4.98 Å². The number of rotatable bonds is 2. The number of hydrogen-bond donors (Lipinski definition) is 2. The monoisotopic (exact) mass is 277 g/mol. The Hall–Kier alpha value is -1.68. The third-order valence-corrected chi connectivity index (χ3v) is 3.95. The van der Waals surface area contributed by atoms with Crippen molar-refractivity contribution < 1.29 is 4.79 Å². The SMILES string of the molecule is Cc1ccsc1C(=O)Nc1ncc(C#CCN)s1. The Morgan fingerprint density at radius 3 is 3.11 bits per heavy atom. The van der Waals surface area contributed by atoms with Crippen LogP contribution < -0.4 is 11.1 Å². The molecule has 0 atom stereocenters. The van der Waals surface area contributed by atoms with Gasteiger partial charge >= 0.3 is 0 Å². The Labute approximate surface area is 113 Å². The lowest BCUT2D eigenvalue weighted by atomic mass is 10.3. The minimum atomic E-state index is -0.129. The third-order valence-electron chi connectivity index (χ3n) is 2.11. The molecule has 0 saturated heterocycles. The van der Waals surface area contributed by atoms with E-state index in [0.717, 1.165) is 10.4 Å². The van der Waals surface area contributed by atoms with Gasteiger partial charge in [-0.05, 0) is 23.9 Å². The molecule has 0 aliphatic carbocycles. The number of thiazole rings is 1. The number of nitrogens with two attached hydrogens (primary N) is 1. The summed E-state index contributed by atoms with van der Waals surface area (Å²) in [6.07, 6.45) is 1.63. The highest BCUT2D eigenvalue weighted by Gasteiger charge is 2.12. The molecule has 4 nitrogen and oxygen atoms in total. The molecule has 0 saturated carbocycles. The summed E-state index contributed by atoms with van der Waals surface area (Å²) in [5.74, 6) is 5.49. The van der Waals surface area contributed by atoms with Crippen LogP contribution in [0.2, 0.25) is 0 Å². The van der Waals surface area contributed by atoms with Crippen LogP contribution in [0, 0.1) is 18.8 Å². The number of carbonyl (C=O) groups excluding carboxylic acids is 1. The molecule has 18 heavy (non-hydrogen) atoms. The fraction of sp³-hybridized carbons (Fsp3) is 0.167. The second-order valence-electron chi connectivity index (χ2n) is 3.42. The topological polar surface area (TPSA) is 68.0 Å². The van der Waals surface area contributed by atoms with E-state index in [1.54, 1.807) is 6.20 Å². The zero-order valence-corrected chi connectivity index (χ0v) is 11.3. The van der Waals surface area contributed by atoms with Crippen molar-refractivity contribution in [2.75, 3.05) is 11.9 Å². The van der Waals surface area contributed by atoms with Gasteiger partial charge in [-0.25, -0.2) is 4.98 Å². The van der Waals surface area contributed by atoms with Gasteiger partial charge < -0.3 is 5.73 Å². The first-order chi connectivity index (χ1) is 8.70. The van der Waals surface area contributed by atoms with Gasteiger partial charge in [0.2, 0.25) is 0 Å². The number of nitrogens with one attached hydrogen (secondary N) is 1. The van der Waals surface area contributed by atoms with Gasteiger partial charge in [-0.2, -0.15) is 0 Å². The third kappa shape index (κ3) is 2.96. The highest BCUT2D eigenvalue weighted by atomic mass is 32.1. The largest absolute Gasteiger partial charge is 0.320 e.